The van der Waals surface area contributed by atoms with E-state index in [0.29, 0.717) is 22.0 Å². The molecule has 0 unspecified atom stereocenters. The maximum atomic E-state index is 15.1. The summed E-state index contributed by atoms with van der Waals surface area (Å²) >= 11 is 12.2. The third-order valence-electron chi connectivity index (χ3n) is 4.74. The van der Waals surface area contributed by atoms with Gasteiger partial charge in [-0.25, -0.2) is 14.2 Å². The Kier molecular flexibility index (Phi) is 5.33. The molecule has 0 spiro atoms. The fourth-order valence-corrected chi connectivity index (χ4v) is 3.74. The van der Waals surface area contributed by atoms with E-state index >= 15 is 4.39 Å². The summed E-state index contributed by atoms with van der Waals surface area (Å²) in [5, 5.41) is 10.2. The first kappa shape index (κ1) is 20.1. The lowest BCUT2D eigenvalue weighted by Gasteiger charge is -2.15. The van der Waals surface area contributed by atoms with Gasteiger partial charge < -0.3 is 5.11 Å². The van der Waals surface area contributed by atoms with Crippen LogP contribution in [0.2, 0.25) is 10.0 Å². The van der Waals surface area contributed by atoms with Gasteiger partial charge in [-0.05, 0) is 36.8 Å². The van der Waals surface area contributed by atoms with Gasteiger partial charge in [0.05, 0.1) is 16.4 Å². The van der Waals surface area contributed by atoms with Crippen molar-refractivity contribution in [1.29, 1.82) is 0 Å². The highest BCUT2D eigenvalue weighted by Crippen LogP contribution is 2.37. The number of carbonyl (C=O) groups is 1. The molecule has 4 nitrogen and oxygen atoms in total. The predicted octanol–water partition coefficient (Wildman–Crippen LogP) is 6.66. The lowest BCUT2D eigenvalue weighted by molar-refractivity contribution is 0.0692. The van der Waals surface area contributed by atoms with E-state index in [1.54, 1.807) is 30.3 Å². The molecule has 1 aromatic heterocycles. The minimum atomic E-state index is -1.24. The number of carboxylic acid groups (broad SMARTS) is 1. The standard InChI is InChI=1S/C23H15Cl2FN2O2/c1-13-6-2-3-9-16(13)22-27-20(23(29)30)21(14-7-4-8-15(24)12-14)28(22)18-11-5-10-17(25)19(18)26/h2-12H,1H3,(H,29,30). The minimum Gasteiger partial charge on any atom is -0.476 e. The molecular formula is C23H15Cl2FN2O2. The average molecular weight is 441 g/mol. The summed E-state index contributed by atoms with van der Waals surface area (Å²) in [6, 6.07) is 18.6. The summed E-state index contributed by atoms with van der Waals surface area (Å²) in [5.74, 6) is -1.62. The molecule has 0 aliphatic heterocycles. The van der Waals surface area contributed by atoms with Gasteiger partial charge in [-0.1, -0.05) is 65.7 Å². The smallest absolute Gasteiger partial charge is 0.356 e. The molecule has 4 rings (SSSR count). The summed E-state index contributed by atoms with van der Waals surface area (Å²) in [7, 11) is 0. The molecule has 7 heteroatoms. The van der Waals surface area contributed by atoms with Crippen molar-refractivity contribution < 1.29 is 14.3 Å². The van der Waals surface area contributed by atoms with Crippen LogP contribution in [0.3, 0.4) is 0 Å². The summed E-state index contributed by atoms with van der Waals surface area (Å²) < 4.78 is 16.6. The number of carboxylic acids is 1. The van der Waals surface area contributed by atoms with Crippen molar-refractivity contribution in [2.24, 2.45) is 0 Å². The van der Waals surface area contributed by atoms with Gasteiger partial charge in [-0.3, -0.25) is 4.57 Å². The van der Waals surface area contributed by atoms with Crippen LogP contribution in [0.1, 0.15) is 16.1 Å². The van der Waals surface area contributed by atoms with Gasteiger partial charge in [0.2, 0.25) is 0 Å². The lowest BCUT2D eigenvalue weighted by atomic mass is 10.1. The fraction of sp³-hybridized carbons (Fsp3) is 0.0435. The average Bonchev–Trinajstić information content (AvgIpc) is 3.11. The van der Waals surface area contributed by atoms with Crippen molar-refractivity contribution >= 4 is 29.2 Å². The number of hydrogen-bond acceptors (Lipinski definition) is 2. The second-order valence-corrected chi connectivity index (χ2v) is 7.52. The van der Waals surface area contributed by atoms with Crippen LogP contribution in [0.4, 0.5) is 4.39 Å². The first-order valence-corrected chi connectivity index (χ1v) is 9.76. The van der Waals surface area contributed by atoms with E-state index in [4.69, 9.17) is 23.2 Å². The Morgan fingerprint density at radius 1 is 1.03 bits per heavy atom. The van der Waals surface area contributed by atoms with Crippen LogP contribution < -0.4 is 0 Å². The van der Waals surface area contributed by atoms with Gasteiger partial charge in [0.25, 0.3) is 0 Å². The molecule has 0 aliphatic rings. The molecule has 1 N–H and O–H groups in total. The van der Waals surface area contributed by atoms with E-state index in [1.807, 2.05) is 31.2 Å². The summed E-state index contributed by atoms with van der Waals surface area (Å²) in [4.78, 5) is 16.5. The number of benzene rings is 3. The molecule has 0 amide bonds. The van der Waals surface area contributed by atoms with E-state index < -0.39 is 11.8 Å². The SMILES string of the molecule is Cc1ccccc1-c1nc(C(=O)O)c(-c2cccc(Cl)c2)n1-c1cccc(Cl)c1F. The molecule has 0 radical (unpaired) electrons. The first-order chi connectivity index (χ1) is 14.4. The molecule has 150 valence electrons. The van der Waals surface area contributed by atoms with E-state index in [-0.39, 0.29) is 22.1 Å². The number of aromatic nitrogens is 2. The van der Waals surface area contributed by atoms with Crippen LogP contribution in [-0.4, -0.2) is 20.6 Å². The molecule has 0 saturated heterocycles. The highest BCUT2D eigenvalue weighted by molar-refractivity contribution is 6.31. The normalized spacial score (nSPS) is 10.9. The lowest BCUT2D eigenvalue weighted by Crippen LogP contribution is -2.05. The topological polar surface area (TPSA) is 55.1 Å². The minimum absolute atomic E-state index is 0.0779. The number of nitrogens with zero attached hydrogens (tertiary/aromatic N) is 2. The molecule has 0 aliphatic carbocycles. The van der Waals surface area contributed by atoms with E-state index in [2.05, 4.69) is 4.98 Å². The zero-order valence-electron chi connectivity index (χ0n) is 15.7. The van der Waals surface area contributed by atoms with Crippen LogP contribution in [0.15, 0.2) is 66.7 Å². The number of hydrogen-bond donors (Lipinski definition) is 1. The van der Waals surface area contributed by atoms with Crippen LogP contribution in [-0.2, 0) is 0 Å². The Morgan fingerprint density at radius 3 is 2.47 bits per heavy atom. The van der Waals surface area contributed by atoms with Gasteiger partial charge in [-0.15, -0.1) is 0 Å². The first-order valence-electron chi connectivity index (χ1n) is 9.01. The molecule has 0 bridgehead atoms. The summed E-state index contributed by atoms with van der Waals surface area (Å²) in [6.45, 7) is 1.88. The third-order valence-corrected chi connectivity index (χ3v) is 5.26. The Labute approximate surface area is 182 Å². The number of aromatic carboxylic acids is 1. The summed E-state index contributed by atoms with van der Waals surface area (Å²) in [6.07, 6.45) is 0. The zero-order chi connectivity index (χ0) is 21.4. The van der Waals surface area contributed by atoms with Crippen molar-refractivity contribution in [2.75, 3.05) is 0 Å². The molecule has 0 saturated carbocycles. The van der Waals surface area contributed by atoms with Gasteiger partial charge in [-0.2, -0.15) is 0 Å². The van der Waals surface area contributed by atoms with Gasteiger partial charge in [0.15, 0.2) is 11.5 Å². The highest BCUT2D eigenvalue weighted by Gasteiger charge is 2.27. The summed E-state index contributed by atoms with van der Waals surface area (Å²) in [5.41, 5.74) is 2.12. The number of imidazole rings is 1. The monoisotopic (exact) mass is 440 g/mol. The van der Waals surface area contributed by atoms with Crippen LogP contribution in [0.5, 0.6) is 0 Å². The van der Waals surface area contributed by atoms with E-state index in [1.165, 1.54) is 16.7 Å². The third kappa shape index (κ3) is 3.47. The zero-order valence-corrected chi connectivity index (χ0v) is 17.2. The van der Waals surface area contributed by atoms with Gasteiger partial charge >= 0.3 is 5.97 Å². The Bertz CT molecular complexity index is 1280. The number of rotatable bonds is 4. The Morgan fingerprint density at radius 2 is 1.77 bits per heavy atom. The Balaban J connectivity index is 2.18. The van der Waals surface area contributed by atoms with Crippen LogP contribution in [0.25, 0.3) is 28.3 Å². The van der Waals surface area contributed by atoms with Crippen molar-refractivity contribution in [3.8, 4) is 28.3 Å². The maximum absolute atomic E-state index is 15.1. The maximum Gasteiger partial charge on any atom is 0.356 e. The second kappa shape index (κ2) is 7.94. The Hall–Kier alpha value is -3.15. The predicted molar refractivity (Wildman–Crippen MR) is 116 cm³/mol. The fourth-order valence-electron chi connectivity index (χ4n) is 3.38. The van der Waals surface area contributed by atoms with Crippen molar-refractivity contribution in [2.45, 2.75) is 6.92 Å². The molecule has 0 atom stereocenters. The highest BCUT2D eigenvalue weighted by atomic mass is 35.5. The molecule has 3 aromatic carbocycles. The van der Waals surface area contributed by atoms with E-state index in [9.17, 15) is 9.90 Å². The van der Waals surface area contributed by atoms with Crippen LogP contribution >= 0.6 is 23.2 Å². The molecule has 0 fully saturated rings. The van der Waals surface area contributed by atoms with Crippen molar-refractivity contribution in [3.63, 3.8) is 0 Å². The van der Waals surface area contributed by atoms with Crippen molar-refractivity contribution in [3.05, 3.63) is 93.8 Å². The van der Waals surface area contributed by atoms with Gasteiger partial charge in [0, 0.05) is 16.1 Å². The number of aryl methyl sites for hydroxylation is 1. The molecule has 1 heterocycles. The van der Waals surface area contributed by atoms with Crippen LogP contribution in [0, 0.1) is 12.7 Å². The number of halogens is 3. The second-order valence-electron chi connectivity index (χ2n) is 6.67. The van der Waals surface area contributed by atoms with E-state index in [0.717, 1.165) is 5.56 Å². The van der Waals surface area contributed by atoms with Gasteiger partial charge in [0.1, 0.15) is 5.82 Å². The molecule has 4 aromatic rings. The largest absolute Gasteiger partial charge is 0.476 e. The quantitative estimate of drug-likeness (QED) is 0.385. The van der Waals surface area contributed by atoms with Crippen molar-refractivity contribution in [1.82, 2.24) is 9.55 Å². The molecule has 30 heavy (non-hydrogen) atoms. The molecular weight excluding hydrogens is 426 g/mol.